The Morgan fingerprint density at radius 1 is 1.13 bits per heavy atom. The van der Waals surface area contributed by atoms with Gasteiger partial charge in [-0.1, -0.05) is 29.8 Å². The minimum Gasteiger partial charge on any atom is -0.407 e. The SMILES string of the molecule is CC(=O)Oc1csc(NS(=O)(=O)c2ccc(N(C(C)=O)c3ccccc3)c(Cl)c2)n1. The molecular weight excluding hydrogens is 450 g/mol. The highest BCUT2D eigenvalue weighted by Gasteiger charge is 2.22. The van der Waals surface area contributed by atoms with Gasteiger partial charge in [0.2, 0.25) is 11.8 Å². The lowest BCUT2D eigenvalue weighted by molar-refractivity contribution is -0.132. The standard InChI is InChI=1S/C19H16ClN3O5S2/c1-12(24)23(14-6-4-3-5-7-14)17-9-8-15(10-16(17)20)30(26,27)22-19-21-18(11-29-19)28-13(2)25/h3-11H,1-2H3,(H,21,22). The molecule has 0 aliphatic carbocycles. The number of thiazole rings is 1. The molecule has 0 aliphatic rings. The van der Waals surface area contributed by atoms with Crippen LogP contribution in [0.1, 0.15) is 13.8 Å². The van der Waals surface area contributed by atoms with E-state index in [4.69, 9.17) is 16.3 Å². The Balaban J connectivity index is 1.89. The van der Waals surface area contributed by atoms with Crippen LogP contribution in [0.3, 0.4) is 0 Å². The topological polar surface area (TPSA) is 106 Å². The molecule has 11 heteroatoms. The molecule has 2 aromatic carbocycles. The van der Waals surface area contributed by atoms with Gasteiger partial charge >= 0.3 is 5.97 Å². The third-order valence-electron chi connectivity index (χ3n) is 3.75. The summed E-state index contributed by atoms with van der Waals surface area (Å²) in [5.41, 5.74) is 0.946. The average molecular weight is 466 g/mol. The predicted molar refractivity (Wildman–Crippen MR) is 115 cm³/mol. The molecule has 3 aromatic rings. The van der Waals surface area contributed by atoms with E-state index in [2.05, 4.69) is 9.71 Å². The molecule has 0 bridgehead atoms. The van der Waals surface area contributed by atoms with Gasteiger partial charge in [-0.2, -0.15) is 4.98 Å². The molecule has 0 spiro atoms. The first-order valence-electron chi connectivity index (χ1n) is 8.49. The molecule has 1 amide bonds. The lowest BCUT2D eigenvalue weighted by Gasteiger charge is -2.22. The van der Waals surface area contributed by atoms with Crippen molar-refractivity contribution in [1.82, 2.24) is 4.98 Å². The molecule has 30 heavy (non-hydrogen) atoms. The summed E-state index contributed by atoms with van der Waals surface area (Å²) in [6, 6.07) is 12.9. The molecule has 0 atom stereocenters. The van der Waals surface area contributed by atoms with E-state index in [1.807, 2.05) is 6.07 Å². The molecule has 0 saturated carbocycles. The largest absolute Gasteiger partial charge is 0.407 e. The van der Waals surface area contributed by atoms with Crippen molar-refractivity contribution in [2.45, 2.75) is 18.7 Å². The molecule has 0 saturated heterocycles. The molecule has 0 aliphatic heterocycles. The number of nitrogens with zero attached hydrogens (tertiary/aromatic N) is 2. The lowest BCUT2D eigenvalue weighted by atomic mass is 10.2. The molecule has 8 nitrogen and oxygen atoms in total. The molecule has 0 radical (unpaired) electrons. The van der Waals surface area contributed by atoms with Gasteiger partial charge in [0, 0.05) is 19.5 Å². The van der Waals surface area contributed by atoms with Crippen molar-refractivity contribution in [1.29, 1.82) is 0 Å². The van der Waals surface area contributed by atoms with E-state index in [-0.39, 0.29) is 26.8 Å². The molecule has 0 unspecified atom stereocenters. The first-order chi connectivity index (χ1) is 14.2. The Morgan fingerprint density at radius 2 is 1.83 bits per heavy atom. The van der Waals surface area contributed by atoms with Gasteiger partial charge in [-0.15, -0.1) is 11.3 Å². The maximum absolute atomic E-state index is 12.7. The minimum atomic E-state index is -4.01. The molecule has 1 N–H and O–H groups in total. The smallest absolute Gasteiger partial charge is 0.309 e. The van der Waals surface area contributed by atoms with Crippen LogP contribution in [0.5, 0.6) is 5.88 Å². The van der Waals surface area contributed by atoms with Gasteiger partial charge in [0.15, 0.2) is 5.13 Å². The van der Waals surface area contributed by atoms with Crippen LogP contribution in [0.2, 0.25) is 5.02 Å². The third kappa shape index (κ3) is 4.96. The van der Waals surface area contributed by atoms with Crippen LogP contribution in [0.4, 0.5) is 16.5 Å². The number of benzene rings is 2. The maximum atomic E-state index is 12.7. The second-order valence-electron chi connectivity index (χ2n) is 5.99. The van der Waals surface area contributed by atoms with Gasteiger partial charge in [-0.05, 0) is 30.3 Å². The number of carbonyl (C=O) groups is 2. The molecule has 3 rings (SSSR count). The highest BCUT2D eigenvalue weighted by atomic mass is 35.5. The zero-order valence-electron chi connectivity index (χ0n) is 15.8. The van der Waals surface area contributed by atoms with Crippen molar-refractivity contribution in [3.8, 4) is 5.88 Å². The summed E-state index contributed by atoms with van der Waals surface area (Å²) in [5, 5.41) is 1.51. The van der Waals surface area contributed by atoms with Crippen molar-refractivity contribution in [2.24, 2.45) is 0 Å². The average Bonchev–Trinajstić information content (AvgIpc) is 3.09. The Morgan fingerprint density at radius 3 is 2.43 bits per heavy atom. The Kier molecular flexibility index (Phi) is 6.40. The van der Waals surface area contributed by atoms with Gasteiger partial charge in [0.25, 0.3) is 10.0 Å². The number of nitrogens with one attached hydrogen (secondary N) is 1. The van der Waals surface area contributed by atoms with E-state index in [0.717, 1.165) is 11.3 Å². The lowest BCUT2D eigenvalue weighted by Crippen LogP contribution is -2.23. The van der Waals surface area contributed by atoms with E-state index in [1.165, 1.54) is 42.3 Å². The van der Waals surface area contributed by atoms with Crippen LogP contribution in [0, 0.1) is 0 Å². The summed E-state index contributed by atoms with van der Waals surface area (Å²) in [5.74, 6) is -0.846. The number of carbonyl (C=O) groups excluding carboxylic acids is 2. The van der Waals surface area contributed by atoms with Gasteiger partial charge < -0.3 is 4.74 Å². The van der Waals surface area contributed by atoms with E-state index >= 15 is 0 Å². The number of hydrogen-bond acceptors (Lipinski definition) is 7. The van der Waals surface area contributed by atoms with Crippen LogP contribution < -0.4 is 14.4 Å². The fraction of sp³-hybridized carbons (Fsp3) is 0.105. The summed E-state index contributed by atoms with van der Waals surface area (Å²) < 4.78 is 32.5. The van der Waals surface area contributed by atoms with Crippen LogP contribution in [-0.4, -0.2) is 25.3 Å². The van der Waals surface area contributed by atoms with E-state index in [1.54, 1.807) is 24.3 Å². The number of hydrogen-bond donors (Lipinski definition) is 1. The number of rotatable bonds is 6. The number of ether oxygens (including phenoxy) is 1. The zero-order chi connectivity index (χ0) is 21.9. The number of sulfonamides is 1. The second kappa shape index (κ2) is 8.82. The van der Waals surface area contributed by atoms with Crippen LogP contribution in [0.25, 0.3) is 0 Å². The number of anilines is 3. The summed E-state index contributed by atoms with van der Waals surface area (Å²) in [6.45, 7) is 2.60. The highest BCUT2D eigenvalue weighted by molar-refractivity contribution is 7.93. The fourth-order valence-corrected chi connectivity index (χ4v) is 4.80. The van der Waals surface area contributed by atoms with E-state index < -0.39 is 16.0 Å². The van der Waals surface area contributed by atoms with Crippen LogP contribution in [0.15, 0.2) is 58.8 Å². The highest BCUT2D eigenvalue weighted by Crippen LogP contribution is 2.34. The van der Waals surface area contributed by atoms with Crippen molar-refractivity contribution in [3.05, 3.63) is 58.9 Å². The van der Waals surface area contributed by atoms with E-state index in [9.17, 15) is 18.0 Å². The summed E-state index contributed by atoms with van der Waals surface area (Å²) >= 11 is 7.29. The molecule has 1 heterocycles. The number of aromatic nitrogens is 1. The van der Waals surface area contributed by atoms with Crippen molar-refractivity contribution >= 4 is 61.3 Å². The van der Waals surface area contributed by atoms with Crippen molar-refractivity contribution < 1.29 is 22.7 Å². The Bertz CT molecular complexity index is 1200. The Hall–Kier alpha value is -2.95. The van der Waals surface area contributed by atoms with Crippen molar-refractivity contribution in [3.63, 3.8) is 0 Å². The van der Waals surface area contributed by atoms with Crippen LogP contribution >= 0.6 is 22.9 Å². The molecule has 0 fully saturated rings. The summed E-state index contributed by atoms with van der Waals surface area (Å²) in [7, 11) is -4.01. The fourth-order valence-electron chi connectivity index (χ4n) is 2.58. The van der Waals surface area contributed by atoms with E-state index in [0.29, 0.717) is 11.4 Å². The molecular formula is C19H16ClN3O5S2. The number of amides is 1. The quantitative estimate of drug-likeness (QED) is 0.546. The first kappa shape index (κ1) is 21.8. The predicted octanol–water partition coefficient (Wildman–Crippen LogP) is 4.21. The number of para-hydroxylation sites is 1. The van der Waals surface area contributed by atoms with Gasteiger partial charge in [0.05, 0.1) is 21.0 Å². The Labute approximate surface area is 182 Å². The van der Waals surface area contributed by atoms with Gasteiger partial charge in [0.1, 0.15) is 0 Å². The zero-order valence-corrected chi connectivity index (χ0v) is 18.2. The van der Waals surface area contributed by atoms with Crippen LogP contribution in [-0.2, 0) is 19.6 Å². The third-order valence-corrected chi connectivity index (χ3v) is 6.26. The van der Waals surface area contributed by atoms with Gasteiger partial charge in [-0.3, -0.25) is 19.2 Å². The number of halogens is 1. The summed E-state index contributed by atoms with van der Waals surface area (Å²) in [4.78, 5) is 28.3. The van der Waals surface area contributed by atoms with Gasteiger partial charge in [-0.25, -0.2) is 8.42 Å². The normalized spacial score (nSPS) is 11.0. The second-order valence-corrected chi connectivity index (χ2v) is 8.94. The molecule has 156 valence electrons. The monoisotopic (exact) mass is 465 g/mol. The maximum Gasteiger partial charge on any atom is 0.309 e. The first-order valence-corrected chi connectivity index (χ1v) is 11.2. The number of esters is 1. The summed E-state index contributed by atoms with van der Waals surface area (Å²) in [6.07, 6.45) is 0. The van der Waals surface area contributed by atoms with Crippen molar-refractivity contribution in [2.75, 3.05) is 9.62 Å². The molecule has 1 aromatic heterocycles. The minimum absolute atomic E-state index is 0.00135.